The first-order valence-corrected chi connectivity index (χ1v) is 9.79. The Hall–Kier alpha value is -2.37. The van der Waals surface area contributed by atoms with E-state index in [1.807, 2.05) is 41.3 Å². The Kier molecular flexibility index (Phi) is 5.70. The maximum atomic E-state index is 12.9. The number of para-hydroxylation sites is 2. The molecular formula is C22H27N3O2. The smallest absolute Gasteiger partial charge is 0.231 e. The summed E-state index contributed by atoms with van der Waals surface area (Å²) in [6, 6.07) is 18.3. The van der Waals surface area contributed by atoms with Gasteiger partial charge in [0.2, 0.25) is 5.91 Å². The number of benzene rings is 2. The van der Waals surface area contributed by atoms with Crippen LogP contribution < -0.4 is 9.80 Å². The third-order valence-corrected chi connectivity index (χ3v) is 5.40. The fourth-order valence-corrected chi connectivity index (χ4v) is 3.87. The van der Waals surface area contributed by atoms with Crippen LogP contribution in [0.25, 0.3) is 0 Å². The second-order valence-electron chi connectivity index (χ2n) is 7.14. The van der Waals surface area contributed by atoms with Crippen molar-refractivity contribution in [1.82, 2.24) is 4.90 Å². The third kappa shape index (κ3) is 4.31. The maximum absolute atomic E-state index is 12.9. The zero-order valence-corrected chi connectivity index (χ0v) is 15.7. The van der Waals surface area contributed by atoms with Crippen LogP contribution in [0.2, 0.25) is 0 Å². The average Bonchev–Trinajstić information content (AvgIpc) is 2.73. The van der Waals surface area contributed by atoms with Crippen molar-refractivity contribution in [3.8, 4) is 0 Å². The summed E-state index contributed by atoms with van der Waals surface area (Å²) in [5.74, 6) is 0.168. The first kappa shape index (κ1) is 18.0. The van der Waals surface area contributed by atoms with Crippen LogP contribution in [0.1, 0.15) is 5.56 Å². The van der Waals surface area contributed by atoms with Gasteiger partial charge >= 0.3 is 0 Å². The van der Waals surface area contributed by atoms with Gasteiger partial charge < -0.3 is 14.5 Å². The van der Waals surface area contributed by atoms with E-state index < -0.39 is 0 Å². The minimum absolute atomic E-state index is 0.168. The molecular weight excluding hydrogens is 338 g/mol. The molecule has 0 unspecified atom stereocenters. The third-order valence-electron chi connectivity index (χ3n) is 5.40. The van der Waals surface area contributed by atoms with E-state index in [0.29, 0.717) is 6.42 Å². The minimum atomic E-state index is 0.168. The first-order chi connectivity index (χ1) is 13.3. The second kappa shape index (κ2) is 8.55. The van der Waals surface area contributed by atoms with E-state index in [2.05, 4.69) is 28.0 Å². The molecule has 4 rings (SSSR count). The zero-order chi connectivity index (χ0) is 18.5. The van der Waals surface area contributed by atoms with E-state index >= 15 is 0 Å². The molecule has 0 N–H and O–H groups in total. The van der Waals surface area contributed by atoms with E-state index in [-0.39, 0.29) is 5.91 Å². The Morgan fingerprint density at radius 2 is 1.52 bits per heavy atom. The predicted octanol–water partition coefficient (Wildman–Crippen LogP) is 2.41. The maximum Gasteiger partial charge on any atom is 0.231 e. The number of nitrogens with zero attached hydrogens (tertiary/aromatic N) is 3. The Morgan fingerprint density at radius 1 is 0.815 bits per heavy atom. The molecule has 0 radical (unpaired) electrons. The Labute approximate surface area is 161 Å². The summed E-state index contributed by atoms with van der Waals surface area (Å²) in [5, 5.41) is 0. The van der Waals surface area contributed by atoms with Crippen LogP contribution in [0, 0.1) is 0 Å². The molecule has 0 spiro atoms. The van der Waals surface area contributed by atoms with Crippen molar-refractivity contribution in [1.29, 1.82) is 0 Å². The molecule has 5 nitrogen and oxygen atoms in total. The lowest BCUT2D eigenvalue weighted by Crippen LogP contribution is -2.47. The van der Waals surface area contributed by atoms with E-state index in [4.69, 9.17) is 4.74 Å². The summed E-state index contributed by atoms with van der Waals surface area (Å²) in [4.78, 5) is 19.8. The number of ether oxygens (including phenoxy) is 1. The van der Waals surface area contributed by atoms with Gasteiger partial charge in [0.05, 0.1) is 31.0 Å². The molecule has 0 atom stereocenters. The van der Waals surface area contributed by atoms with Crippen LogP contribution in [0.5, 0.6) is 0 Å². The highest BCUT2D eigenvalue weighted by Gasteiger charge is 2.26. The van der Waals surface area contributed by atoms with Gasteiger partial charge in [-0.1, -0.05) is 42.5 Å². The number of carbonyl (C=O) groups excluding carboxylic acids is 1. The molecule has 2 aliphatic heterocycles. The van der Waals surface area contributed by atoms with Crippen LogP contribution in [0.15, 0.2) is 54.6 Å². The van der Waals surface area contributed by atoms with Gasteiger partial charge in [0, 0.05) is 39.3 Å². The van der Waals surface area contributed by atoms with Crippen molar-refractivity contribution in [2.24, 2.45) is 0 Å². The van der Waals surface area contributed by atoms with Crippen molar-refractivity contribution >= 4 is 17.3 Å². The highest BCUT2D eigenvalue weighted by molar-refractivity contribution is 5.98. The Morgan fingerprint density at radius 3 is 2.30 bits per heavy atom. The lowest BCUT2D eigenvalue weighted by Gasteiger charge is -2.39. The number of fused-ring (bicyclic) bond motifs is 1. The lowest BCUT2D eigenvalue weighted by atomic mass is 10.1. The SMILES string of the molecule is O=C(Cc1ccccc1)N1CCN(CCN2CCOCC2)c2ccccc21. The number of hydrogen-bond acceptors (Lipinski definition) is 4. The predicted molar refractivity (Wildman–Crippen MR) is 108 cm³/mol. The van der Waals surface area contributed by atoms with Crippen molar-refractivity contribution in [3.05, 3.63) is 60.2 Å². The van der Waals surface area contributed by atoms with E-state index in [9.17, 15) is 4.79 Å². The van der Waals surface area contributed by atoms with Crippen molar-refractivity contribution in [3.63, 3.8) is 0 Å². The largest absolute Gasteiger partial charge is 0.379 e. The molecule has 142 valence electrons. The molecule has 1 fully saturated rings. The molecule has 27 heavy (non-hydrogen) atoms. The number of carbonyl (C=O) groups is 1. The normalized spacial score (nSPS) is 17.6. The molecule has 0 aliphatic carbocycles. The summed E-state index contributed by atoms with van der Waals surface area (Å²) in [7, 11) is 0. The molecule has 0 bridgehead atoms. The van der Waals surface area contributed by atoms with Crippen LogP contribution in [0.3, 0.4) is 0 Å². The zero-order valence-electron chi connectivity index (χ0n) is 15.7. The summed E-state index contributed by atoms with van der Waals surface area (Å²) >= 11 is 0. The highest BCUT2D eigenvalue weighted by atomic mass is 16.5. The molecule has 2 aromatic carbocycles. The fraction of sp³-hybridized carbons (Fsp3) is 0.409. The number of amides is 1. The number of anilines is 2. The van der Waals surface area contributed by atoms with Gasteiger partial charge in [0.15, 0.2) is 0 Å². The van der Waals surface area contributed by atoms with E-state index in [1.54, 1.807) is 0 Å². The van der Waals surface area contributed by atoms with Gasteiger partial charge in [0.25, 0.3) is 0 Å². The fourth-order valence-electron chi connectivity index (χ4n) is 3.87. The second-order valence-corrected chi connectivity index (χ2v) is 7.14. The molecule has 0 saturated carbocycles. The summed E-state index contributed by atoms with van der Waals surface area (Å²) in [5.41, 5.74) is 3.26. The first-order valence-electron chi connectivity index (χ1n) is 9.79. The van der Waals surface area contributed by atoms with Gasteiger partial charge in [-0.2, -0.15) is 0 Å². The molecule has 1 saturated heterocycles. The molecule has 2 aromatic rings. The van der Waals surface area contributed by atoms with E-state index in [1.165, 1.54) is 5.69 Å². The Balaban J connectivity index is 1.45. The van der Waals surface area contributed by atoms with E-state index in [0.717, 1.165) is 63.7 Å². The van der Waals surface area contributed by atoms with Crippen LogP contribution in [-0.2, 0) is 16.0 Å². The summed E-state index contributed by atoms with van der Waals surface area (Å²) < 4.78 is 5.44. The van der Waals surface area contributed by atoms with Gasteiger partial charge in [-0.15, -0.1) is 0 Å². The number of rotatable bonds is 5. The van der Waals surface area contributed by atoms with Gasteiger partial charge in [-0.3, -0.25) is 9.69 Å². The monoisotopic (exact) mass is 365 g/mol. The topological polar surface area (TPSA) is 36.0 Å². The lowest BCUT2D eigenvalue weighted by molar-refractivity contribution is -0.118. The minimum Gasteiger partial charge on any atom is -0.379 e. The molecule has 2 aliphatic rings. The number of morpholine rings is 1. The highest BCUT2D eigenvalue weighted by Crippen LogP contribution is 2.33. The van der Waals surface area contributed by atoms with Gasteiger partial charge in [0.1, 0.15) is 0 Å². The van der Waals surface area contributed by atoms with Gasteiger partial charge in [-0.25, -0.2) is 0 Å². The van der Waals surface area contributed by atoms with Crippen molar-refractivity contribution < 1.29 is 9.53 Å². The molecule has 0 aromatic heterocycles. The van der Waals surface area contributed by atoms with Crippen molar-refractivity contribution in [2.75, 3.05) is 62.3 Å². The van der Waals surface area contributed by atoms with Crippen LogP contribution in [0.4, 0.5) is 11.4 Å². The van der Waals surface area contributed by atoms with Crippen LogP contribution >= 0.6 is 0 Å². The molecule has 1 amide bonds. The average molecular weight is 365 g/mol. The molecule has 5 heteroatoms. The summed E-state index contributed by atoms with van der Waals surface area (Å²) in [6.07, 6.45) is 0.447. The number of hydrogen-bond donors (Lipinski definition) is 0. The van der Waals surface area contributed by atoms with Crippen LogP contribution in [-0.4, -0.2) is 63.3 Å². The quantitative estimate of drug-likeness (QED) is 0.815. The van der Waals surface area contributed by atoms with Crippen molar-refractivity contribution in [2.45, 2.75) is 6.42 Å². The Bertz CT molecular complexity index is 759. The summed E-state index contributed by atoms with van der Waals surface area (Å²) in [6.45, 7) is 7.33. The van der Waals surface area contributed by atoms with Gasteiger partial charge in [-0.05, 0) is 17.7 Å². The standard InChI is InChI=1S/C22H27N3O2/c26-22(18-19-6-2-1-3-7-19)25-13-12-24(20-8-4-5-9-21(20)25)11-10-23-14-16-27-17-15-23/h1-9H,10-18H2. The molecule has 2 heterocycles.